The van der Waals surface area contributed by atoms with Crippen LogP contribution in [-0.4, -0.2) is 61.9 Å². The van der Waals surface area contributed by atoms with E-state index in [9.17, 15) is 4.79 Å². The van der Waals surface area contributed by atoms with Gasteiger partial charge >= 0.3 is 0 Å². The number of rotatable bonds is 5. The number of morpholine rings is 1. The highest BCUT2D eigenvalue weighted by atomic mass is 16.5. The van der Waals surface area contributed by atoms with Crippen molar-refractivity contribution in [3.63, 3.8) is 0 Å². The molecule has 0 N–H and O–H groups in total. The predicted octanol–water partition coefficient (Wildman–Crippen LogP) is 2.00. The smallest absolute Gasteiger partial charge is 0.262 e. The van der Waals surface area contributed by atoms with Crippen LogP contribution >= 0.6 is 0 Å². The van der Waals surface area contributed by atoms with Crippen molar-refractivity contribution in [2.75, 3.05) is 32.8 Å². The molecule has 5 rings (SSSR count). The van der Waals surface area contributed by atoms with Crippen LogP contribution in [0, 0.1) is 0 Å². The molecule has 8 heteroatoms. The summed E-state index contributed by atoms with van der Waals surface area (Å²) in [6.07, 6.45) is 2.54. The highest BCUT2D eigenvalue weighted by Crippen LogP contribution is 2.26. The Labute approximate surface area is 173 Å². The van der Waals surface area contributed by atoms with E-state index in [-0.39, 0.29) is 5.56 Å². The maximum absolute atomic E-state index is 13.5. The molecule has 0 spiro atoms. The minimum atomic E-state index is -0.0532. The molecule has 0 atom stereocenters. The van der Waals surface area contributed by atoms with Crippen LogP contribution in [0.15, 0.2) is 47.4 Å². The summed E-state index contributed by atoms with van der Waals surface area (Å²) in [5.74, 6) is 1.23. The van der Waals surface area contributed by atoms with Gasteiger partial charge in [-0.3, -0.25) is 9.69 Å². The van der Waals surface area contributed by atoms with E-state index in [2.05, 4.69) is 20.0 Å². The fourth-order valence-corrected chi connectivity index (χ4v) is 3.92. The first kappa shape index (κ1) is 18.9. The molecule has 3 aromatic heterocycles. The molecular formula is C22H24N6O2. The van der Waals surface area contributed by atoms with Crippen molar-refractivity contribution >= 4 is 16.7 Å². The number of fused-ring (bicyclic) bond motifs is 2. The van der Waals surface area contributed by atoms with Gasteiger partial charge in [0.15, 0.2) is 5.82 Å². The number of ether oxygens (including phenoxy) is 1. The first-order valence-electron chi connectivity index (χ1n) is 10.4. The molecule has 0 bridgehead atoms. The second-order valence-electron chi connectivity index (χ2n) is 7.45. The fraction of sp³-hybridized carbons (Fsp3) is 0.364. The van der Waals surface area contributed by atoms with E-state index in [1.54, 1.807) is 9.08 Å². The fourth-order valence-electron chi connectivity index (χ4n) is 3.92. The van der Waals surface area contributed by atoms with E-state index in [4.69, 9.17) is 4.74 Å². The van der Waals surface area contributed by atoms with Crippen molar-refractivity contribution in [3.05, 3.63) is 58.8 Å². The molecule has 4 aromatic rings. The molecule has 0 amide bonds. The summed E-state index contributed by atoms with van der Waals surface area (Å²) in [6.45, 7) is 6.75. The normalized spacial score (nSPS) is 15.2. The zero-order chi connectivity index (χ0) is 20.5. The number of benzene rings is 1. The third-order valence-corrected chi connectivity index (χ3v) is 5.57. The van der Waals surface area contributed by atoms with Gasteiger partial charge in [-0.25, -0.2) is 4.98 Å². The Kier molecular flexibility index (Phi) is 5.02. The molecule has 30 heavy (non-hydrogen) atoms. The van der Waals surface area contributed by atoms with E-state index in [1.807, 2.05) is 49.5 Å². The van der Waals surface area contributed by atoms with E-state index in [1.165, 1.54) is 0 Å². The molecule has 154 valence electrons. The highest BCUT2D eigenvalue weighted by molar-refractivity contribution is 5.93. The van der Waals surface area contributed by atoms with Crippen LogP contribution in [0.3, 0.4) is 0 Å². The molecule has 1 aliphatic heterocycles. The third-order valence-electron chi connectivity index (χ3n) is 5.57. The van der Waals surface area contributed by atoms with Crippen LogP contribution in [0.2, 0.25) is 0 Å². The molecule has 0 saturated carbocycles. The zero-order valence-corrected chi connectivity index (χ0v) is 17.0. The van der Waals surface area contributed by atoms with E-state index in [0.717, 1.165) is 44.1 Å². The molecule has 1 aliphatic rings. The van der Waals surface area contributed by atoms with Gasteiger partial charge in [0, 0.05) is 44.4 Å². The number of aromatic nitrogens is 5. The standard InChI is InChI=1S/C22H24N6O2/c1-2-18-24-22-23-17-8-9-27(11-10-26-12-14-30-15-13-26)21(29)19(17)20(28(22)25-18)16-6-4-3-5-7-16/h3-9H,2,10-15H2,1H3. The number of pyridine rings is 1. The molecule has 4 heterocycles. The first-order valence-corrected chi connectivity index (χ1v) is 10.4. The maximum atomic E-state index is 13.5. The lowest BCUT2D eigenvalue weighted by atomic mass is 10.1. The SMILES string of the molecule is CCc1nc2nc3ccn(CCN4CCOCC4)c(=O)c3c(-c3ccccc3)n2n1. The molecule has 1 saturated heterocycles. The minimum absolute atomic E-state index is 0.0532. The Morgan fingerprint density at radius 2 is 1.83 bits per heavy atom. The van der Waals surface area contributed by atoms with Gasteiger partial charge in [0.25, 0.3) is 11.3 Å². The Hall–Kier alpha value is -3.10. The number of aryl methyl sites for hydroxylation is 1. The molecule has 1 aromatic carbocycles. The minimum Gasteiger partial charge on any atom is -0.379 e. The second kappa shape index (κ2) is 7.97. The number of hydrogen-bond acceptors (Lipinski definition) is 6. The van der Waals surface area contributed by atoms with Crippen LogP contribution in [0.5, 0.6) is 0 Å². The van der Waals surface area contributed by atoms with Crippen LogP contribution in [0.25, 0.3) is 27.9 Å². The average molecular weight is 404 g/mol. The van der Waals surface area contributed by atoms with Crippen molar-refractivity contribution in [3.8, 4) is 11.3 Å². The monoisotopic (exact) mass is 404 g/mol. The largest absolute Gasteiger partial charge is 0.379 e. The van der Waals surface area contributed by atoms with Crippen LogP contribution in [0.1, 0.15) is 12.7 Å². The Morgan fingerprint density at radius 3 is 2.60 bits per heavy atom. The summed E-state index contributed by atoms with van der Waals surface area (Å²) >= 11 is 0. The first-order chi connectivity index (χ1) is 14.7. The Bertz CT molecular complexity index is 1240. The van der Waals surface area contributed by atoms with Crippen LogP contribution in [-0.2, 0) is 17.7 Å². The van der Waals surface area contributed by atoms with Gasteiger partial charge in [-0.15, -0.1) is 5.10 Å². The van der Waals surface area contributed by atoms with Crippen molar-refractivity contribution in [1.29, 1.82) is 0 Å². The van der Waals surface area contributed by atoms with Crippen molar-refractivity contribution in [2.24, 2.45) is 0 Å². The Morgan fingerprint density at radius 1 is 1.03 bits per heavy atom. The van der Waals surface area contributed by atoms with Crippen molar-refractivity contribution in [2.45, 2.75) is 19.9 Å². The van der Waals surface area contributed by atoms with E-state index in [0.29, 0.717) is 35.5 Å². The lowest BCUT2D eigenvalue weighted by Gasteiger charge is -2.26. The summed E-state index contributed by atoms with van der Waals surface area (Å²) in [6, 6.07) is 11.8. The zero-order valence-electron chi connectivity index (χ0n) is 17.0. The van der Waals surface area contributed by atoms with Crippen molar-refractivity contribution in [1.82, 2.24) is 29.0 Å². The van der Waals surface area contributed by atoms with E-state index < -0.39 is 0 Å². The summed E-state index contributed by atoms with van der Waals surface area (Å²) in [5.41, 5.74) is 2.26. The summed E-state index contributed by atoms with van der Waals surface area (Å²) in [4.78, 5) is 25.0. The number of nitrogens with zero attached hydrogens (tertiary/aromatic N) is 6. The predicted molar refractivity (Wildman–Crippen MR) is 115 cm³/mol. The lowest BCUT2D eigenvalue weighted by molar-refractivity contribution is 0.0363. The van der Waals surface area contributed by atoms with E-state index >= 15 is 0 Å². The van der Waals surface area contributed by atoms with Gasteiger partial charge in [0.2, 0.25) is 0 Å². The molecule has 0 radical (unpaired) electrons. The van der Waals surface area contributed by atoms with Gasteiger partial charge in [-0.2, -0.15) is 9.50 Å². The van der Waals surface area contributed by atoms with Gasteiger partial charge in [-0.05, 0) is 6.07 Å². The molecular weight excluding hydrogens is 380 g/mol. The van der Waals surface area contributed by atoms with Gasteiger partial charge < -0.3 is 9.30 Å². The number of hydrogen-bond donors (Lipinski definition) is 0. The maximum Gasteiger partial charge on any atom is 0.262 e. The summed E-state index contributed by atoms with van der Waals surface area (Å²) < 4.78 is 8.90. The molecule has 8 nitrogen and oxygen atoms in total. The lowest BCUT2D eigenvalue weighted by Crippen LogP contribution is -2.39. The van der Waals surface area contributed by atoms with Gasteiger partial charge in [0.05, 0.1) is 29.8 Å². The van der Waals surface area contributed by atoms with Gasteiger partial charge in [0.1, 0.15) is 0 Å². The summed E-state index contributed by atoms with van der Waals surface area (Å²) in [5, 5.41) is 5.20. The Balaban J connectivity index is 1.67. The molecule has 0 aliphatic carbocycles. The van der Waals surface area contributed by atoms with Crippen LogP contribution < -0.4 is 5.56 Å². The molecule has 0 unspecified atom stereocenters. The molecule has 1 fully saturated rings. The highest BCUT2D eigenvalue weighted by Gasteiger charge is 2.18. The average Bonchev–Trinajstić information content (AvgIpc) is 3.21. The van der Waals surface area contributed by atoms with Crippen molar-refractivity contribution < 1.29 is 4.74 Å². The van der Waals surface area contributed by atoms with Crippen LogP contribution in [0.4, 0.5) is 0 Å². The van der Waals surface area contributed by atoms with Gasteiger partial charge in [-0.1, -0.05) is 37.3 Å². The summed E-state index contributed by atoms with van der Waals surface area (Å²) in [7, 11) is 0. The topological polar surface area (TPSA) is 77.6 Å². The quantitative estimate of drug-likeness (QED) is 0.506. The third kappa shape index (κ3) is 3.38. The second-order valence-corrected chi connectivity index (χ2v) is 7.45.